The van der Waals surface area contributed by atoms with Gasteiger partial charge in [0.25, 0.3) is 0 Å². The lowest BCUT2D eigenvalue weighted by Gasteiger charge is -2.17. The summed E-state index contributed by atoms with van der Waals surface area (Å²) in [5.74, 6) is -0.678. The molecule has 0 spiro atoms. The molecule has 2 N–H and O–H groups in total. The topological polar surface area (TPSA) is 75.3 Å². The first kappa shape index (κ1) is 20.7. The van der Waals surface area contributed by atoms with Crippen LogP contribution in [-0.4, -0.2) is 20.4 Å². The predicted molar refractivity (Wildman–Crippen MR) is 92.4 cm³/mol. The molecule has 1 amide bonds. The van der Waals surface area contributed by atoms with Crippen molar-refractivity contribution in [2.75, 3.05) is 0 Å². The Balaban J connectivity index is 2.10. The summed E-state index contributed by atoms with van der Waals surface area (Å²) in [6.45, 7) is 1.37. The van der Waals surface area contributed by atoms with Crippen molar-refractivity contribution < 1.29 is 26.4 Å². The molecule has 1 aromatic heterocycles. The second-order valence-electron chi connectivity index (χ2n) is 5.26. The summed E-state index contributed by atoms with van der Waals surface area (Å²) >= 11 is 7.01. The van der Waals surface area contributed by atoms with Crippen molar-refractivity contribution in [1.82, 2.24) is 10.0 Å². The van der Waals surface area contributed by atoms with Gasteiger partial charge in [-0.2, -0.15) is 17.9 Å². The van der Waals surface area contributed by atoms with E-state index in [9.17, 15) is 26.4 Å². The van der Waals surface area contributed by atoms with Crippen molar-refractivity contribution in [2.24, 2.45) is 0 Å². The van der Waals surface area contributed by atoms with E-state index in [0.29, 0.717) is 10.4 Å². The zero-order valence-corrected chi connectivity index (χ0v) is 15.7. The molecule has 0 radical (unpaired) electrons. The van der Waals surface area contributed by atoms with Crippen molar-refractivity contribution in [2.45, 2.75) is 30.6 Å². The maximum absolute atomic E-state index is 13.0. The van der Waals surface area contributed by atoms with Crippen LogP contribution in [0.15, 0.2) is 41.3 Å². The Morgan fingerprint density at radius 1 is 1.23 bits per heavy atom. The molecule has 1 heterocycles. The Kier molecular flexibility index (Phi) is 6.33. The second kappa shape index (κ2) is 7.95. The first-order valence-corrected chi connectivity index (χ1v) is 9.89. The molecule has 0 bridgehead atoms. The van der Waals surface area contributed by atoms with E-state index in [0.717, 1.165) is 17.0 Å². The molecule has 0 saturated heterocycles. The first-order chi connectivity index (χ1) is 12.0. The van der Waals surface area contributed by atoms with Gasteiger partial charge in [0.2, 0.25) is 15.9 Å². The minimum absolute atomic E-state index is 0.126. The quantitative estimate of drug-likeness (QED) is 0.743. The highest BCUT2D eigenvalue weighted by Crippen LogP contribution is 2.33. The maximum atomic E-state index is 13.0. The summed E-state index contributed by atoms with van der Waals surface area (Å²) < 4.78 is 66.1. The standard InChI is InChI=1S/C15H14ClF3N2O3S2/c1-9(14(22)20-8-10-6-7-13(16)25-10)21-26(23,24)12-5-3-2-4-11(12)15(17,18)19/h2-7,9,21H,8H2,1H3,(H,20,22)/t9-/m0/s1. The predicted octanol–water partition coefficient (Wildman–Crippen LogP) is 3.40. The third kappa shape index (κ3) is 5.19. The number of hydrogen-bond donors (Lipinski definition) is 2. The molecule has 0 aliphatic rings. The summed E-state index contributed by atoms with van der Waals surface area (Å²) in [6, 6.07) is 5.84. The molecule has 0 unspecified atom stereocenters. The Morgan fingerprint density at radius 2 is 1.88 bits per heavy atom. The van der Waals surface area contributed by atoms with Crippen LogP contribution in [0.2, 0.25) is 4.34 Å². The Morgan fingerprint density at radius 3 is 2.46 bits per heavy atom. The Hall–Kier alpha value is -1.62. The normalized spacial score (nSPS) is 13.4. The Labute approximate surface area is 157 Å². The highest BCUT2D eigenvalue weighted by atomic mass is 35.5. The minimum Gasteiger partial charge on any atom is -0.350 e. The van der Waals surface area contributed by atoms with Gasteiger partial charge in [-0.05, 0) is 31.2 Å². The van der Waals surface area contributed by atoms with Gasteiger partial charge in [-0.1, -0.05) is 23.7 Å². The Bertz CT molecular complexity index is 898. The highest BCUT2D eigenvalue weighted by Gasteiger charge is 2.37. The SMILES string of the molecule is C[C@H](NS(=O)(=O)c1ccccc1C(F)(F)F)C(=O)NCc1ccc(Cl)s1. The number of nitrogens with one attached hydrogen (secondary N) is 2. The van der Waals surface area contributed by atoms with Crippen LogP contribution in [0.1, 0.15) is 17.4 Å². The van der Waals surface area contributed by atoms with Crippen LogP contribution in [0, 0.1) is 0 Å². The number of benzene rings is 1. The van der Waals surface area contributed by atoms with E-state index in [1.54, 1.807) is 12.1 Å². The smallest absolute Gasteiger partial charge is 0.350 e. The fraction of sp³-hybridized carbons (Fsp3) is 0.267. The molecule has 2 aromatic rings. The number of amides is 1. The average Bonchev–Trinajstić information content (AvgIpc) is 2.97. The number of hydrogen-bond acceptors (Lipinski definition) is 4. The number of carbonyl (C=O) groups is 1. The molecule has 0 saturated carbocycles. The number of rotatable bonds is 6. The van der Waals surface area contributed by atoms with E-state index >= 15 is 0 Å². The molecule has 142 valence electrons. The molecular formula is C15H14ClF3N2O3S2. The van der Waals surface area contributed by atoms with Crippen molar-refractivity contribution in [1.29, 1.82) is 0 Å². The van der Waals surface area contributed by atoms with Crippen molar-refractivity contribution in [3.8, 4) is 0 Å². The van der Waals surface area contributed by atoms with Crippen LogP contribution >= 0.6 is 22.9 Å². The average molecular weight is 427 g/mol. The molecule has 1 atom stereocenters. The molecule has 0 aliphatic carbocycles. The number of sulfonamides is 1. The van der Waals surface area contributed by atoms with Crippen molar-refractivity contribution in [3.63, 3.8) is 0 Å². The van der Waals surface area contributed by atoms with Crippen molar-refractivity contribution in [3.05, 3.63) is 51.2 Å². The molecule has 0 fully saturated rings. The number of alkyl halides is 3. The molecular weight excluding hydrogens is 413 g/mol. The van der Waals surface area contributed by atoms with E-state index in [1.165, 1.54) is 24.3 Å². The van der Waals surface area contributed by atoms with Crippen LogP contribution in [0.25, 0.3) is 0 Å². The highest BCUT2D eigenvalue weighted by molar-refractivity contribution is 7.89. The molecule has 0 aliphatic heterocycles. The third-order valence-electron chi connectivity index (χ3n) is 3.27. The van der Waals surface area contributed by atoms with Gasteiger partial charge in [0.05, 0.1) is 27.4 Å². The first-order valence-electron chi connectivity index (χ1n) is 7.21. The summed E-state index contributed by atoms with van der Waals surface area (Å²) in [7, 11) is -4.55. The zero-order chi connectivity index (χ0) is 19.5. The van der Waals surface area contributed by atoms with Crippen molar-refractivity contribution >= 4 is 38.9 Å². The number of thiophene rings is 1. The van der Waals surface area contributed by atoms with Gasteiger partial charge >= 0.3 is 6.18 Å². The van der Waals surface area contributed by atoms with Gasteiger partial charge in [0.1, 0.15) is 0 Å². The molecule has 1 aromatic carbocycles. The molecule has 5 nitrogen and oxygen atoms in total. The summed E-state index contributed by atoms with van der Waals surface area (Å²) in [5, 5.41) is 2.49. The molecule has 26 heavy (non-hydrogen) atoms. The van der Waals surface area contributed by atoms with Gasteiger partial charge in [0, 0.05) is 4.88 Å². The van der Waals surface area contributed by atoms with E-state index in [4.69, 9.17) is 11.6 Å². The van der Waals surface area contributed by atoms with E-state index < -0.39 is 38.6 Å². The summed E-state index contributed by atoms with van der Waals surface area (Å²) in [4.78, 5) is 11.8. The van der Waals surface area contributed by atoms with E-state index in [1.807, 2.05) is 4.72 Å². The maximum Gasteiger partial charge on any atom is 0.417 e. The minimum atomic E-state index is -4.84. The van der Waals surface area contributed by atoms with Crippen LogP contribution in [-0.2, 0) is 27.5 Å². The number of carbonyl (C=O) groups excluding carboxylic acids is 1. The fourth-order valence-electron chi connectivity index (χ4n) is 2.06. The summed E-state index contributed by atoms with van der Waals surface area (Å²) in [5.41, 5.74) is -1.30. The van der Waals surface area contributed by atoms with Gasteiger partial charge in [-0.15, -0.1) is 11.3 Å². The van der Waals surface area contributed by atoms with Crippen LogP contribution in [0.3, 0.4) is 0 Å². The van der Waals surface area contributed by atoms with Gasteiger partial charge in [-0.3, -0.25) is 4.79 Å². The van der Waals surface area contributed by atoms with Crippen LogP contribution < -0.4 is 10.0 Å². The molecule has 11 heteroatoms. The largest absolute Gasteiger partial charge is 0.417 e. The lowest BCUT2D eigenvalue weighted by molar-refractivity contribution is -0.139. The monoisotopic (exact) mass is 426 g/mol. The molecule has 2 rings (SSSR count). The van der Waals surface area contributed by atoms with E-state index in [2.05, 4.69) is 5.32 Å². The van der Waals surface area contributed by atoms with Gasteiger partial charge in [-0.25, -0.2) is 8.42 Å². The lowest BCUT2D eigenvalue weighted by atomic mass is 10.2. The van der Waals surface area contributed by atoms with Crippen LogP contribution in [0.5, 0.6) is 0 Å². The fourth-order valence-corrected chi connectivity index (χ4v) is 4.52. The zero-order valence-electron chi connectivity index (χ0n) is 13.3. The lowest BCUT2D eigenvalue weighted by Crippen LogP contribution is -2.44. The van der Waals surface area contributed by atoms with Gasteiger partial charge in [0.15, 0.2) is 0 Å². The van der Waals surface area contributed by atoms with E-state index in [-0.39, 0.29) is 6.54 Å². The summed E-state index contributed by atoms with van der Waals surface area (Å²) in [6.07, 6.45) is -4.84. The van der Waals surface area contributed by atoms with Crippen LogP contribution in [0.4, 0.5) is 13.2 Å². The third-order valence-corrected chi connectivity index (χ3v) is 6.10. The van der Waals surface area contributed by atoms with Gasteiger partial charge < -0.3 is 5.32 Å². The second-order valence-corrected chi connectivity index (χ2v) is 8.74. The number of halogens is 4.